The number of ether oxygens (including phenoxy) is 1. The van der Waals surface area contributed by atoms with Gasteiger partial charge in [0.1, 0.15) is 18.0 Å². The van der Waals surface area contributed by atoms with Crippen LogP contribution < -0.4 is 9.80 Å². The molecule has 0 spiro atoms. The number of hydrogen-bond acceptors (Lipinski definition) is 7. The molecule has 0 bridgehead atoms. The Labute approximate surface area is 153 Å². The van der Waals surface area contributed by atoms with Gasteiger partial charge in [0.25, 0.3) is 0 Å². The average Bonchev–Trinajstić information content (AvgIpc) is 3.03. The number of aryl methyl sites for hydroxylation is 1. The number of nitrogens with zero attached hydrogens (tertiary/aromatic N) is 5. The molecule has 1 saturated heterocycles. The lowest BCUT2D eigenvalue weighted by molar-refractivity contribution is 0.205. The minimum Gasteiger partial charge on any atom is -0.383 e. The monoisotopic (exact) mass is 361 g/mol. The molecule has 6 nitrogen and oxygen atoms in total. The van der Waals surface area contributed by atoms with E-state index in [2.05, 4.69) is 44.7 Å². The highest BCUT2D eigenvalue weighted by Gasteiger charge is 2.19. The van der Waals surface area contributed by atoms with Crippen LogP contribution in [-0.2, 0) is 11.3 Å². The van der Waals surface area contributed by atoms with E-state index in [9.17, 15) is 0 Å². The molecule has 0 N–H and O–H groups in total. The standard InChI is InChI=1S/C18H27N5OS/c1-14-5-4-6-22(10-14)17-9-18(20-12-19-17)23(7-8-24-3)11-16-15(2)21-13-25-16/h9,12-14H,4-8,10-11H2,1-3H3. The van der Waals surface area contributed by atoms with E-state index in [1.807, 2.05) is 5.51 Å². The fraction of sp³-hybridized carbons (Fsp3) is 0.611. The molecular weight excluding hydrogens is 334 g/mol. The maximum absolute atomic E-state index is 5.30. The SMILES string of the molecule is COCCN(Cc1scnc1C)c1cc(N2CCCC(C)C2)ncn1. The number of aromatic nitrogens is 3. The summed E-state index contributed by atoms with van der Waals surface area (Å²) >= 11 is 1.69. The van der Waals surface area contributed by atoms with Crippen molar-refractivity contribution in [2.75, 3.05) is 43.2 Å². The van der Waals surface area contributed by atoms with Crippen molar-refractivity contribution >= 4 is 23.0 Å². The van der Waals surface area contributed by atoms with Gasteiger partial charge in [-0.15, -0.1) is 11.3 Å². The lowest BCUT2D eigenvalue weighted by Crippen LogP contribution is -2.35. The Hall–Kier alpha value is -1.73. The van der Waals surface area contributed by atoms with Crippen molar-refractivity contribution in [2.45, 2.75) is 33.2 Å². The van der Waals surface area contributed by atoms with Crippen LogP contribution in [0.25, 0.3) is 0 Å². The number of methoxy groups -OCH3 is 1. The van der Waals surface area contributed by atoms with Crippen molar-refractivity contribution in [1.82, 2.24) is 15.0 Å². The second kappa shape index (κ2) is 8.58. The molecule has 0 radical (unpaired) electrons. The maximum atomic E-state index is 5.30. The molecule has 0 aliphatic carbocycles. The Morgan fingerprint density at radius 1 is 1.36 bits per heavy atom. The van der Waals surface area contributed by atoms with Crippen LogP contribution in [0.2, 0.25) is 0 Å². The Bertz CT molecular complexity index is 677. The molecule has 3 heterocycles. The summed E-state index contributed by atoms with van der Waals surface area (Å²) < 4.78 is 5.30. The van der Waals surface area contributed by atoms with Gasteiger partial charge < -0.3 is 14.5 Å². The number of piperidine rings is 1. The Morgan fingerprint density at radius 2 is 2.24 bits per heavy atom. The van der Waals surface area contributed by atoms with Gasteiger partial charge in [-0.05, 0) is 25.7 Å². The molecule has 3 rings (SSSR count). The Kier molecular flexibility index (Phi) is 6.20. The van der Waals surface area contributed by atoms with E-state index in [4.69, 9.17) is 4.74 Å². The fourth-order valence-corrected chi connectivity index (χ4v) is 4.00. The van der Waals surface area contributed by atoms with E-state index in [1.54, 1.807) is 24.8 Å². The number of thiazole rings is 1. The molecule has 1 aliphatic heterocycles. The van der Waals surface area contributed by atoms with Gasteiger partial charge in [0.15, 0.2) is 0 Å². The summed E-state index contributed by atoms with van der Waals surface area (Å²) in [7, 11) is 1.73. The number of anilines is 2. The van der Waals surface area contributed by atoms with Crippen LogP contribution in [0, 0.1) is 12.8 Å². The molecule has 2 aromatic rings. The van der Waals surface area contributed by atoms with Crippen LogP contribution in [0.4, 0.5) is 11.6 Å². The molecule has 1 atom stereocenters. The minimum atomic E-state index is 0.665. The van der Waals surface area contributed by atoms with Crippen LogP contribution in [0.3, 0.4) is 0 Å². The third kappa shape index (κ3) is 4.67. The van der Waals surface area contributed by atoms with E-state index in [0.717, 1.165) is 49.4 Å². The summed E-state index contributed by atoms with van der Waals surface area (Å²) in [5.41, 5.74) is 2.99. The summed E-state index contributed by atoms with van der Waals surface area (Å²) in [5, 5.41) is 0. The first-order valence-electron chi connectivity index (χ1n) is 8.87. The Balaban J connectivity index is 1.80. The lowest BCUT2D eigenvalue weighted by Gasteiger charge is -2.32. The molecule has 7 heteroatoms. The van der Waals surface area contributed by atoms with E-state index in [0.29, 0.717) is 6.61 Å². The summed E-state index contributed by atoms with van der Waals surface area (Å²) in [4.78, 5) is 19.3. The molecule has 1 aliphatic rings. The van der Waals surface area contributed by atoms with Gasteiger partial charge in [0, 0.05) is 37.7 Å². The van der Waals surface area contributed by atoms with Crippen LogP contribution in [0.1, 0.15) is 30.3 Å². The normalized spacial score (nSPS) is 17.7. The summed E-state index contributed by atoms with van der Waals surface area (Å²) in [6, 6.07) is 2.12. The maximum Gasteiger partial charge on any atom is 0.134 e. The van der Waals surface area contributed by atoms with E-state index < -0.39 is 0 Å². The van der Waals surface area contributed by atoms with Crippen molar-refractivity contribution in [1.29, 1.82) is 0 Å². The summed E-state index contributed by atoms with van der Waals surface area (Å²) in [5.74, 6) is 2.70. The van der Waals surface area contributed by atoms with E-state index in [1.165, 1.54) is 17.7 Å². The molecule has 1 unspecified atom stereocenters. The van der Waals surface area contributed by atoms with Gasteiger partial charge in [0.2, 0.25) is 0 Å². The second-order valence-electron chi connectivity index (χ2n) is 6.70. The zero-order valence-electron chi connectivity index (χ0n) is 15.3. The molecule has 25 heavy (non-hydrogen) atoms. The van der Waals surface area contributed by atoms with Crippen molar-refractivity contribution in [2.24, 2.45) is 5.92 Å². The minimum absolute atomic E-state index is 0.665. The Morgan fingerprint density at radius 3 is 2.96 bits per heavy atom. The topological polar surface area (TPSA) is 54.4 Å². The third-order valence-electron chi connectivity index (χ3n) is 4.69. The first-order valence-corrected chi connectivity index (χ1v) is 9.75. The van der Waals surface area contributed by atoms with Gasteiger partial charge >= 0.3 is 0 Å². The van der Waals surface area contributed by atoms with Gasteiger partial charge in [-0.3, -0.25) is 0 Å². The zero-order valence-corrected chi connectivity index (χ0v) is 16.1. The molecule has 136 valence electrons. The van der Waals surface area contributed by atoms with Crippen LogP contribution >= 0.6 is 11.3 Å². The molecule has 0 saturated carbocycles. The fourth-order valence-electron chi connectivity index (χ4n) is 3.21. The van der Waals surface area contributed by atoms with Gasteiger partial charge in [-0.25, -0.2) is 15.0 Å². The van der Waals surface area contributed by atoms with E-state index in [-0.39, 0.29) is 0 Å². The highest BCUT2D eigenvalue weighted by molar-refractivity contribution is 7.09. The molecule has 0 aromatic carbocycles. The third-order valence-corrected chi connectivity index (χ3v) is 5.61. The van der Waals surface area contributed by atoms with Crippen molar-refractivity contribution < 1.29 is 4.74 Å². The lowest BCUT2D eigenvalue weighted by atomic mass is 10.0. The molecule has 1 fully saturated rings. The second-order valence-corrected chi connectivity index (χ2v) is 7.64. The van der Waals surface area contributed by atoms with Crippen molar-refractivity contribution in [3.63, 3.8) is 0 Å². The summed E-state index contributed by atoms with van der Waals surface area (Å²) in [6.07, 6.45) is 4.22. The molecule has 2 aromatic heterocycles. The predicted octanol–water partition coefficient (Wildman–Crippen LogP) is 3.13. The number of hydrogen-bond donors (Lipinski definition) is 0. The van der Waals surface area contributed by atoms with Crippen molar-refractivity contribution in [3.8, 4) is 0 Å². The quantitative estimate of drug-likeness (QED) is 0.755. The van der Waals surface area contributed by atoms with Crippen LogP contribution in [0.5, 0.6) is 0 Å². The van der Waals surface area contributed by atoms with Gasteiger partial charge in [-0.1, -0.05) is 6.92 Å². The predicted molar refractivity (Wildman–Crippen MR) is 102 cm³/mol. The first kappa shape index (κ1) is 18.1. The smallest absolute Gasteiger partial charge is 0.134 e. The van der Waals surface area contributed by atoms with Crippen LogP contribution in [0.15, 0.2) is 17.9 Å². The highest BCUT2D eigenvalue weighted by Crippen LogP contribution is 2.25. The largest absolute Gasteiger partial charge is 0.383 e. The van der Waals surface area contributed by atoms with Gasteiger partial charge in [-0.2, -0.15) is 0 Å². The van der Waals surface area contributed by atoms with E-state index >= 15 is 0 Å². The average molecular weight is 362 g/mol. The highest BCUT2D eigenvalue weighted by atomic mass is 32.1. The molecule has 0 amide bonds. The number of rotatable bonds is 7. The van der Waals surface area contributed by atoms with Gasteiger partial charge in [0.05, 0.1) is 24.4 Å². The zero-order chi connectivity index (χ0) is 17.6. The molecular formula is C18H27N5OS. The summed E-state index contributed by atoms with van der Waals surface area (Å²) in [6.45, 7) is 8.77. The van der Waals surface area contributed by atoms with Crippen molar-refractivity contribution in [3.05, 3.63) is 28.5 Å². The first-order chi connectivity index (χ1) is 12.2. The van der Waals surface area contributed by atoms with Crippen LogP contribution in [-0.4, -0.2) is 48.3 Å².